The second kappa shape index (κ2) is 5.70. The fraction of sp³-hybridized carbons (Fsp3) is 1.00. The standard InChI is InChI=1S/C14H24O3S/c15-13(12-10-18-8-7-16-12)11-3-6-17-14(9-11)4-1-2-5-14/h11-13,15H,1-10H2. The van der Waals surface area contributed by atoms with E-state index in [0.29, 0.717) is 5.92 Å². The number of ether oxygens (including phenoxy) is 2. The molecule has 1 saturated carbocycles. The lowest BCUT2D eigenvalue weighted by Crippen LogP contribution is -2.46. The van der Waals surface area contributed by atoms with Gasteiger partial charge in [-0.2, -0.15) is 11.8 Å². The SMILES string of the molecule is OC(C1CCOC2(CCCC2)C1)C1CSCCO1. The lowest BCUT2D eigenvalue weighted by molar-refractivity contribution is -0.133. The minimum atomic E-state index is -0.292. The molecule has 3 rings (SSSR count). The van der Waals surface area contributed by atoms with E-state index in [1.54, 1.807) is 0 Å². The first-order valence-electron chi connectivity index (χ1n) is 7.30. The van der Waals surface area contributed by atoms with Crippen molar-refractivity contribution < 1.29 is 14.6 Å². The van der Waals surface area contributed by atoms with Crippen LogP contribution in [-0.2, 0) is 9.47 Å². The summed E-state index contributed by atoms with van der Waals surface area (Å²) in [5.74, 6) is 2.40. The van der Waals surface area contributed by atoms with Crippen molar-refractivity contribution in [3.05, 3.63) is 0 Å². The maximum Gasteiger partial charge on any atom is 0.0927 e. The molecule has 1 N–H and O–H groups in total. The molecule has 0 amide bonds. The third-order valence-electron chi connectivity index (χ3n) is 4.75. The Morgan fingerprint density at radius 3 is 2.78 bits per heavy atom. The summed E-state index contributed by atoms with van der Waals surface area (Å²) in [4.78, 5) is 0. The first-order valence-corrected chi connectivity index (χ1v) is 8.46. The highest BCUT2D eigenvalue weighted by Gasteiger charge is 2.43. The normalized spacial score (nSPS) is 37.8. The van der Waals surface area contributed by atoms with Gasteiger partial charge < -0.3 is 14.6 Å². The quantitative estimate of drug-likeness (QED) is 0.836. The van der Waals surface area contributed by atoms with E-state index in [1.165, 1.54) is 25.7 Å². The summed E-state index contributed by atoms with van der Waals surface area (Å²) in [6.45, 7) is 1.61. The zero-order valence-corrected chi connectivity index (χ0v) is 11.8. The molecule has 2 heterocycles. The third-order valence-corrected chi connectivity index (χ3v) is 5.77. The molecule has 0 aromatic carbocycles. The first-order chi connectivity index (χ1) is 8.79. The topological polar surface area (TPSA) is 38.7 Å². The van der Waals surface area contributed by atoms with Crippen LogP contribution < -0.4 is 0 Å². The van der Waals surface area contributed by atoms with Gasteiger partial charge in [0.25, 0.3) is 0 Å². The Labute approximate surface area is 114 Å². The van der Waals surface area contributed by atoms with Gasteiger partial charge in [-0.25, -0.2) is 0 Å². The predicted molar refractivity (Wildman–Crippen MR) is 72.9 cm³/mol. The minimum absolute atomic E-state index is 0.0466. The molecule has 1 spiro atoms. The number of aliphatic hydroxyl groups is 1. The van der Waals surface area contributed by atoms with Crippen LogP contribution in [0.5, 0.6) is 0 Å². The molecule has 104 valence electrons. The zero-order chi connectivity index (χ0) is 12.4. The largest absolute Gasteiger partial charge is 0.390 e. The highest BCUT2D eigenvalue weighted by Crippen LogP contribution is 2.43. The maximum absolute atomic E-state index is 10.5. The Morgan fingerprint density at radius 2 is 2.06 bits per heavy atom. The van der Waals surface area contributed by atoms with Crippen molar-refractivity contribution in [1.29, 1.82) is 0 Å². The second-order valence-corrected chi connectivity index (χ2v) is 7.12. The van der Waals surface area contributed by atoms with Gasteiger partial charge in [-0.05, 0) is 31.6 Å². The molecule has 0 bridgehead atoms. The summed E-state index contributed by atoms with van der Waals surface area (Å²) in [5.41, 5.74) is 0.103. The van der Waals surface area contributed by atoms with E-state index in [1.807, 2.05) is 11.8 Å². The van der Waals surface area contributed by atoms with Gasteiger partial charge in [0, 0.05) is 18.1 Å². The fourth-order valence-electron chi connectivity index (χ4n) is 3.73. The minimum Gasteiger partial charge on any atom is -0.390 e. The van der Waals surface area contributed by atoms with Crippen LogP contribution in [0.4, 0.5) is 0 Å². The van der Waals surface area contributed by atoms with E-state index in [2.05, 4.69) is 0 Å². The highest BCUT2D eigenvalue weighted by atomic mass is 32.2. The van der Waals surface area contributed by atoms with E-state index in [-0.39, 0.29) is 17.8 Å². The van der Waals surface area contributed by atoms with Crippen LogP contribution in [0.1, 0.15) is 38.5 Å². The molecule has 3 nitrogen and oxygen atoms in total. The monoisotopic (exact) mass is 272 g/mol. The van der Waals surface area contributed by atoms with Crippen LogP contribution in [0, 0.1) is 5.92 Å². The van der Waals surface area contributed by atoms with Crippen molar-refractivity contribution in [3.8, 4) is 0 Å². The van der Waals surface area contributed by atoms with Crippen molar-refractivity contribution in [2.75, 3.05) is 24.7 Å². The molecule has 1 aliphatic carbocycles. The number of hydrogen-bond acceptors (Lipinski definition) is 4. The molecule has 0 aromatic rings. The summed E-state index contributed by atoms with van der Waals surface area (Å²) in [6, 6.07) is 0. The van der Waals surface area contributed by atoms with Gasteiger partial charge in [-0.15, -0.1) is 0 Å². The molecule has 2 aliphatic heterocycles. The second-order valence-electron chi connectivity index (χ2n) is 5.97. The van der Waals surface area contributed by atoms with E-state index in [0.717, 1.165) is 37.6 Å². The molecule has 0 radical (unpaired) electrons. The number of aliphatic hydroxyl groups excluding tert-OH is 1. The van der Waals surface area contributed by atoms with Crippen LogP contribution in [0.15, 0.2) is 0 Å². The molecule has 4 heteroatoms. The summed E-state index contributed by atoms with van der Waals surface area (Å²) < 4.78 is 11.8. The molecule has 3 unspecified atom stereocenters. The summed E-state index contributed by atoms with van der Waals surface area (Å²) in [5, 5.41) is 10.5. The number of rotatable bonds is 2. The Kier molecular flexibility index (Phi) is 4.18. The van der Waals surface area contributed by atoms with E-state index >= 15 is 0 Å². The summed E-state index contributed by atoms with van der Waals surface area (Å²) in [6.07, 6.45) is 6.75. The van der Waals surface area contributed by atoms with Crippen molar-refractivity contribution in [3.63, 3.8) is 0 Å². The van der Waals surface area contributed by atoms with Crippen LogP contribution in [0.3, 0.4) is 0 Å². The van der Waals surface area contributed by atoms with Crippen molar-refractivity contribution in [2.24, 2.45) is 5.92 Å². The fourth-order valence-corrected chi connectivity index (χ4v) is 4.64. The summed E-state index contributed by atoms with van der Waals surface area (Å²) in [7, 11) is 0. The Morgan fingerprint density at radius 1 is 1.22 bits per heavy atom. The van der Waals surface area contributed by atoms with Gasteiger partial charge in [-0.3, -0.25) is 0 Å². The smallest absolute Gasteiger partial charge is 0.0927 e. The average molecular weight is 272 g/mol. The highest BCUT2D eigenvalue weighted by molar-refractivity contribution is 7.99. The first kappa shape index (κ1) is 13.2. The lowest BCUT2D eigenvalue weighted by Gasteiger charge is -2.42. The average Bonchev–Trinajstić information content (AvgIpc) is 2.87. The van der Waals surface area contributed by atoms with Crippen LogP contribution >= 0.6 is 11.8 Å². The van der Waals surface area contributed by atoms with Crippen LogP contribution in [0.25, 0.3) is 0 Å². The van der Waals surface area contributed by atoms with Gasteiger partial charge in [0.2, 0.25) is 0 Å². The van der Waals surface area contributed by atoms with Crippen molar-refractivity contribution >= 4 is 11.8 Å². The predicted octanol–water partition coefficient (Wildman–Crippen LogP) is 2.22. The molecule has 3 atom stereocenters. The Balaban J connectivity index is 1.60. The van der Waals surface area contributed by atoms with E-state index < -0.39 is 0 Å². The third kappa shape index (κ3) is 2.72. The Hall–Kier alpha value is 0.230. The van der Waals surface area contributed by atoms with E-state index in [4.69, 9.17) is 9.47 Å². The molecular weight excluding hydrogens is 248 g/mol. The van der Waals surface area contributed by atoms with Crippen molar-refractivity contribution in [2.45, 2.75) is 56.3 Å². The molecule has 3 aliphatic rings. The molecule has 3 fully saturated rings. The maximum atomic E-state index is 10.5. The van der Waals surface area contributed by atoms with Gasteiger partial charge in [0.15, 0.2) is 0 Å². The lowest BCUT2D eigenvalue weighted by atomic mass is 9.80. The summed E-state index contributed by atoms with van der Waals surface area (Å²) >= 11 is 1.90. The Bertz CT molecular complexity index is 272. The molecule has 2 saturated heterocycles. The van der Waals surface area contributed by atoms with E-state index in [9.17, 15) is 5.11 Å². The van der Waals surface area contributed by atoms with Gasteiger partial charge in [-0.1, -0.05) is 12.8 Å². The van der Waals surface area contributed by atoms with Crippen LogP contribution in [-0.4, -0.2) is 47.6 Å². The van der Waals surface area contributed by atoms with Crippen LogP contribution in [0.2, 0.25) is 0 Å². The zero-order valence-electron chi connectivity index (χ0n) is 11.0. The number of hydrogen-bond donors (Lipinski definition) is 1. The molecule has 0 aromatic heterocycles. The molecule has 18 heavy (non-hydrogen) atoms. The molecular formula is C14H24O3S. The van der Waals surface area contributed by atoms with Gasteiger partial charge in [0.05, 0.1) is 24.4 Å². The number of thioether (sulfide) groups is 1. The van der Waals surface area contributed by atoms with Gasteiger partial charge in [0.1, 0.15) is 0 Å². The van der Waals surface area contributed by atoms with Gasteiger partial charge >= 0.3 is 0 Å². The van der Waals surface area contributed by atoms with Crippen molar-refractivity contribution in [1.82, 2.24) is 0 Å².